The lowest BCUT2D eigenvalue weighted by Crippen LogP contribution is -2.28. The normalized spacial score (nSPS) is 10.3. The largest absolute Gasteiger partial charge is 0.477 e. The molecule has 0 atom stereocenters. The fourth-order valence-electron chi connectivity index (χ4n) is 1.34. The number of hydrogen-bond acceptors (Lipinski definition) is 3. The molecule has 0 radical (unpaired) electrons. The van der Waals surface area contributed by atoms with Gasteiger partial charge in [-0.15, -0.1) is 0 Å². The fraction of sp³-hybridized carbons (Fsp3) is 0.400. The predicted octanol–water partition coefficient (Wildman–Crippen LogP) is 0.237. The van der Waals surface area contributed by atoms with Gasteiger partial charge < -0.3 is 14.8 Å². The van der Waals surface area contributed by atoms with Crippen LogP contribution in [0.25, 0.3) is 0 Å². The number of aryl methyl sites for hydroxylation is 1. The topological polar surface area (TPSA) is 79.5 Å². The second kappa shape index (κ2) is 4.75. The molecule has 5 heteroatoms. The molecule has 5 nitrogen and oxygen atoms in total. The lowest BCUT2D eigenvalue weighted by molar-refractivity contribution is 0.0694. The van der Waals surface area contributed by atoms with Crippen LogP contribution in [-0.2, 0) is 6.54 Å². The van der Waals surface area contributed by atoms with E-state index in [1.54, 1.807) is 13.0 Å². The maximum absolute atomic E-state index is 11.6. The Morgan fingerprint density at radius 3 is 2.67 bits per heavy atom. The highest BCUT2D eigenvalue weighted by Gasteiger charge is 2.11. The number of aromatic carboxylic acids is 1. The van der Waals surface area contributed by atoms with E-state index in [1.807, 2.05) is 0 Å². The summed E-state index contributed by atoms with van der Waals surface area (Å²) >= 11 is 0. The zero-order chi connectivity index (χ0) is 11.4. The van der Waals surface area contributed by atoms with Crippen molar-refractivity contribution in [3.05, 3.63) is 33.7 Å². The number of carbonyl (C=O) groups is 1. The van der Waals surface area contributed by atoms with Crippen molar-refractivity contribution in [2.24, 2.45) is 0 Å². The molecular weight excluding hydrogens is 198 g/mol. The van der Waals surface area contributed by atoms with Gasteiger partial charge in [-0.1, -0.05) is 0 Å². The van der Waals surface area contributed by atoms with Gasteiger partial charge in [-0.05, 0) is 25.5 Å². The molecule has 0 aliphatic carbocycles. The number of aliphatic hydroxyl groups excluding tert-OH is 1. The summed E-state index contributed by atoms with van der Waals surface area (Å²) < 4.78 is 1.36. The quantitative estimate of drug-likeness (QED) is 0.747. The SMILES string of the molecule is Cc1ccc(C(=O)O)c(=O)n1CCCO. The second-order valence-corrected chi connectivity index (χ2v) is 3.23. The highest BCUT2D eigenvalue weighted by molar-refractivity contribution is 5.87. The average molecular weight is 211 g/mol. The van der Waals surface area contributed by atoms with Crippen LogP contribution in [0.15, 0.2) is 16.9 Å². The van der Waals surface area contributed by atoms with Crippen molar-refractivity contribution in [2.75, 3.05) is 6.61 Å². The molecule has 15 heavy (non-hydrogen) atoms. The summed E-state index contributed by atoms with van der Waals surface area (Å²) in [6.45, 7) is 2.04. The van der Waals surface area contributed by atoms with E-state index < -0.39 is 11.5 Å². The van der Waals surface area contributed by atoms with Gasteiger partial charge in [0, 0.05) is 18.8 Å². The van der Waals surface area contributed by atoms with Crippen LogP contribution >= 0.6 is 0 Å². The van der Waals surface area contributed by atoms with Crippen molar-refractivity contribution in [3.63, 3.8) is 0 Å². The number of aliphatic hydroxyl groups is 1. The third-order valence-corrected chi connectivity index (χ3v) is 2.16. The molecule has 0 aromatic carbocycles. The first-order chi connectivity index (χ1) is 7.07. The molecule has 0 unspecified atom stereocenters. The van der Waals surface area contributed by atoms with E-state index in [0.717, 1.165) is 0 Å². The Balaban J connectivity index is 3.18. The molecule has 1 heterocycles. The summed E-state index contributed by atoms with van der Waals surface area (Å²) in [4.78, 5) is 22.3. The van der Waals surface area contributed by atoms with Crippen molar-refractivity contribution >= 4 is 5.97 Å². The molecule has 0 saturated heterocycles. The van der Waals surface area contributed by atoms with Crippen LogP contribution < -0.4 is 5.56 Å². The Kier molecular flexibility index (Phi) is 3.62. The van der Waals surface area contributed by atoms with Gasteiger partial charge in [0.25, 0.3) is 5.56 Å². The fourth-order valence-corrected chi connectivity index (χ4v) is 1.34. The van der Waals surface area contributed by atoms with Crippen molar-refractivity contribution in [3.8, 4) is 0 Å². The van der Waals surface area contributed by atoms with Gasteiger partial charge in [0.2, 0.25) is 0 Å². The molecule has 0 aliphatic heterocycles. The van der Waals surface area contributed by atoms with Gasteiger partial charge in [-0.3, -0.25) is 4.79 Å². The molecule has 82 valence electrons. The molecule has 2 N–H and O–H groups in total. The second-order valence-electron chi connectivity index (χ2n) is 3.23. The van der Waals surface area contributed by atoms with Crippen molar-refractivity contribution in [1.82, 2.24) is 4.57 Å². The first kappa shape index (κ1) is 11.5. The molecule has 1 aromatic rings. The Morgan fingerprint density at radius 1 is 1.47 bits per heavy atom. The van der Waals surface area contributed by atoms with Gasteiger partial charge in [0.15, 0.2) is 0 Å². The third-order valence-electron chi connectivity index (χ3n) is 2.16. The van der Waals surface area contributed by atoms with Crippen LogP contribution in [0.5, 0.6) is 0 Å². The smallest absolute Gasteiger partial charge is 0.341 e. The van der Waals surface area contributed by atoms with Crippen LogP contribution in [0.4, 0.5) is 0 Å². The summed E-state index contributed by atoms with van der Waals surface area (Å²) in [5.41, 5.74) is -0.0621. The maximum atomic E-state index is 11.6. The van der Waals surface area contributed by atoms with Crippen LogP contribution in [0.1, 0.15) is 22.5 Å². The number of carboxylic acid groups (broad SMARTS) is 1. The van der Waals surface area contributed by atoms with Gasteiger partial charge in [-0.25, -0.2) is 4.79 Å². The summed E-state index contributed by atoms with van der Waals surface area (Å²) in [5.74, 6) is -1.22. The van der Waals surface area contributed by atoms with Gasteiger partial charge in [0.05, 0.1) is 0 Å². The van der Waals surface area contributed by atoms with Crippen molar-refractivity contribution < 1.29 is 15.0 Å². The number of pyridine rings is 1. The summed E-state index contributed by atoms with van der Waals surface area (Å²) in [6, 6.07) is 2.89. The van der Waals surface area contributed by atoms with Crippen molar-refractivity contribution in [2.45, 2.75) is 19.9 Å². The minimum absolute atomic E-state index is 0.0246. The van der Waals surface area contributed by atoms with E-state index in [4.69, 9.17) is 10.2 Å². The molecule has 1 aromatic heterocycles. The van der Waals surface area contributed by atoms with E-state index in [1.165, 1.54) is 10.6 Å². The zero-order valence-corrected chi connectivity index (χ0v) is 8.43. The molecule has 0 saturated carbocycles. The number of hydrogen-bond donors (Lipinski definition) is 2. The van der Waals surface area contributed by atoms with E-state index in [-0.39, 0.29) is 12.2 Å². The Labute approximate surface area is 86.6 Å². The van der Waals surface area contributed by atoms with Crippen LogP contribution in [0.3, 0.4) is 0 Å². The lowest BCUT2D eigenvalue weighted by atomic mass is 10.2. The van der Waals surface area contributed by atoms with E-state index in [9.17, 15) is 9.59 Å². The zero-order valence-electron chi connectivity index (χ0n) is 8.43. The Hall–Kier alpha value is -1.62. The maximum Gasteiger partial charge on any atom is 0.341 e. The van der Waals surface area contributed by atoms with Crippen LogP contribution in [0.2, 0.25) is 0 Å². The van der Waals surface area contributed by atoms with Crippen molar-refractivity contribution in [1.29, 1.82) is 0 Å². The van der Waals surface area contributed by atoms with E-state index in [2.05, 4.69) is 0 Å². The monoisotopic (exact) mass is 211 g/mol. The molecule has 0 amide bonds. The number of carboxylic acids is 1. The Bertz CT molecular complexity index is 422. The summed E-state index contributed by atoms with van der Waals surface area (Å²) in [7, 11) is 0. The highest BCUT2D eigenvalue weighted by Crippen LogP contribution is 1.99. The highest BCUT2D eigenvalue weighted by atomic mass is 16.4. The minimum atomic E-state index is -1.22. The third kappa shape index (κ3) is 2.44. The van der Waals surface area contributed by atoms with Gasteiger partial charge >= 0.3 is 5.97 Å². The van der Waals surface area contributed by atoms with Gasteiger partial charge in [0.1, 0.15) is 5.56 Å². The molecular formula is C10H13NO4. The first-order valence-corrected chi connectivity index (χ1v) is 4.62. The number of rotatable bonds is 4. The summed E-state index contributed by atoms with van der Waals surface area (Å²) in [6.07, 6.45) is 0.434. The summed E-state index contributed by atoms with van der Waals surface area (Å²) in [5, 5.41) is 17.4. The molecule has 0 spiro atoms. The standard InChI is InChI=1S/C10H13NO4/c1-7-3-4-8(10(14)15)9(13)11(7)5-2-6-12/h3-4,12H,2,5-6H2,1H3,(H,14,15). The van der Waals surface area contributed by atoms with E-state index in [0.29, 0.717) is 18.7 Å². The molecule has 0 bridgehead atoms. The average Bonchev–Trinajstić information content (AvgIpc) is 2.17. The molecule has 0 fully saturated rings. The lowest BCUT2D eigenvalue weighted by Gasteiger charge is -2.09. The predicted molar refractivity (Wildman–Crippen MR) is 54.1 cm³/mol. The number of nitrogens with zero attached hydrogens (tertiary/aromatic N) is 1. The molecule has 0 aliphatic rings. The van der Waals surface area contributed by atoms with Gasteiger partial charge in [-0.2, -0.15) is 0 Å². The first-order valence-electron chi connectivity index (χ1n) is 4.62. The molecule has 1 rings (SSSR count). The number of aromatic nitrogens is 1. The Morgan fingerprint density at radius 2 is 2.13 bits per heavy atom. The van der Waals surface area contributed by atoms with Crippen LogP contribution in [-0.4, -0.2) is 27.4 Å². The van der Waals surface area contributed by atoms with E-state index >= 15 is 0 Å². The minimum Gasteiger partial charge on any atom is -0.477 e. The van der Waals surface area contributed by atoms with Crippen LogP contribution in [0, 0.1) is 6.92 Å².